The van der Waals surface area contributed by atoms with Crippen molar-refractivity contribution in [2.75, 3.05) is 39.1 Å². The van der Waals surface area contributed by atoms with E-state index in [1.54, 1.807) is 36.3 Å². The first-order valence-electron chi connectivity index (χ1n) is 13.2. The van der Waals surface area contributed by atoms with Crippen molar-refractivity contribution in [1.29, 1.82) is 0 Å². The van der Waals surface area contributed by atoms with Crippen LogP contribution in [0, 0.1) is 5.82 Å². The molecule has 3 aromatic heterocycles. The summed E-state index contributed by atoms with van der Waals surface area (Å²) in [5, 5.41) is 4.23. The monoisotopic (exact) mass is 603 g/mol. The predicted octanol–water partition coefficient (Wildman–Crippen LogP) is 2.02. The number of fused-ring (bicyclic) bond motifs is 1. The maximum absolute atomic E-state index is 15.2. The van der Waals surface area contributed by atoms with Crippen LogP contribution < -0.4 is 20.9 Å². The third kappa shape index (κ3) is 6.15. The topological polar surface area (TPSA) is 114 Å². The highest BCUT2D eigenvalue weighted by Crippen LogP contribution is 2.37. The van der Waals surface area contributed by atoms with Gasteiger partial charge in [-0.25, -0.2) is 22.3 Å². The van der Waals surface area contributed by atoms with Crippen LogP contribution in [0.2, 0.25) is 0 Å². The molecule has 220 valence electrons. The number of benzene rings is 1. The first kappa shape index (κ1) is 29.2. The minimum absolute atomic E-state index is 0.0420. The molecule has 1 fully saturated rings. The molecule has 0 amide bonds. The molecule has 0 bridgehead atoms. The number of halogens is 1. The Hall–Kier alpha value is -3.33. The smallest absolute Gasteiger partial charge is 0.332 e. The van der Waals surface area contributed by atoms with Crippen molar-refractivity contribution in [3.05, 3.63) is 74.4 Å². The molecule has 1 aliphatic carbocycles. The van der Waals surface area contributed by atoms with Gasteiger partial charge in [0.15, 0.2) is 0 Å². The number of nitrogens with one attached hydrogen (secondary N) is 1. The van der Waals surface area contributed by atoms with Crippen LogP contribution in [-0.4, -0.2) is 72.0 Å². The maximum atomic E-state index is 15.2. The lowest BCUT2D eigenvalue weighted by Gasteiger charge is -2.22. The van der Waals surface area contributed by atoms with Gasteiger partial charge in [0, 0.05) is 44.5 Å². The normalized spacial score (nSPS) is 14.7. The fourth-order valence-corrected chi connectivity index (χ4v) is 7.50. The molecule has 3 heterocycles. The Morgan fingerprint density at radius 2 is 1.78 bits per heavy atom. The number of hydrogen-bond acceptors (Lipinski definition) is 8. The molecule has 1 aromatic carbocycles. The van der Waals surface area contributed by atoms with E-state index in [0.29, 0.717) is 23.4 Å². The van der Waals surface area contributed by atoms with E-state index in [2.05, 4.69) is 9.82 Å². The molecule has 11 nitrogen and oxygen atoms in total. The molecule has 0 unspecified atom stereocenters. The number of sulfonamides is 1. The van der Waals surface area contributed by atoms with Crippen LogP contribution in [0.1, 0.15) is 30.9 Å². The first-order valence-corrected chi connectivity index (χ1v) is 15.5. The van der Waals surface area contributed by atoms with E-state index in [-0.39, 0.29) is 27.5 Å². The van der Waals surface area contributed by atoms with E-state index in [0.717, 1.165) is 35.3 Å². The molecule has 5 rings (SSSR count). The molecule has 0 aliphatic heterocycles. The van der Waals surface area contributed by atoms with Crippen molar-refractivity contribution in [2.24, 2.45) is 7.05 Å². The Labute approximate surface area is 241 Å². The Morgan fingerprint density at radius 1 is 1.07 bits per heavy atom. The number of anilines is 1. The van der Waals surface area contributed by atoms with Crippen LogP contribution in [0.25, 0.3) is 10.2 Å². The Morgan fingerprint density at radius 3 is 2.39 bits per heavy atom. The van der Waals surface area contributed by atoms with Gasteiger partial charge in [0.05, 0.1) is 30.4 Å². The van der Waals surface area contributed by atoms with E-state index in [1.165, 1.54) is 16.7 Å². The number of likely N-dealkylation sites (N-methyl/N-ethyl adjacent to an activating group) is 2. The van der Waals surface area contributed by atoms with Crippen LogP contribution in [-0.2, 0) is 30.2 Å². The molecule has 1 aliphatic rings. The second kappa shape index (κ2) is 10.8. The number of aryl methyl sites for hydroxylation is 1. The van der Waals surface area contributed by atoms with Gasteiger partial charge >= 0.3 is 5.69 Å². The fourth-order valence-electron chi connectivity index (χ4n) is 4.60. The highest BCUT2D eigenvalue weighted by atomic mass is 32.2. The standard InChI is InChI=1S/C27H34FN7O4S2/c1-27(8-9-27)30-41(38,39)23-13-20-24(36)34(17-19-14-29-33(5)15-19)26(37)35(25(20)40-23)16-18-6-7-22(21(28)12-18)32(4)11-10-31(2)3/h6-7,12-15,30H,8-11,16-17H2,1-5H3. The van der Waals surface area contributed by atoms with Crippen LogP contribution in [0.15, 0.2) is 50.5 Å². The predicted molar refractivity (Wildman–Crippen MR) is 158 cm³/mol. The molecule has 1 saturated carbocycles. The zero-order chi connectivity index (χ0) is 29.7. The van der Waals surface area contributed by atoms with Crippen molar-refractivity contribution in [2.45, 2.75) is 42.6 Å². The average Bonchev–Trinajstić information content (AvgIpc) is 3.26. The van der Waals surface area contributed by atoms with Gasteiger partial charge in [0.2, 0.25) is 0 Å². The third-order valence-corrected chi connectivity index (χ3v) is 10.5. The molecule has 0 spiro atoms. The molecule has 0 saturated heterocycles. The van der Waals surface area contributed by atoms with Gasteiger partial charge in [-0.3, -0.25) is 18.6 Å². The van der Waals surface area contributed by atoms with E-state index in [4.69, 9.17) is 0 Å². The Bertz CT molecular complexity index is 1830. The zero-order valence-corrected chi connectivity index (χ0v) is 25.4. The Kier molecular flexibility index (Phi) is 7.70. The summed E-state index contributed by atoms with van der Waals surface area (Å²) >= 11 is 0.864. The molecule has 14 heteroatoms. The summed E-state index contributed by atoms with van der Waals surface area (Å²) in [5.41, 5.74) is -0.146. The summed E-state index contributed by atoms with van der Waals surface area (Å²) in [6, 6.07) is 6.10. The van der Waals surface area contributed by atoms with Gasteiger partial charge in [-0.15, -0.1) is 11.3 Å². The van der Waals surface area contributed by atoms with E-state index >= 15 is 4.39 Å². The van der Waals surface area contributed by atoms with Gasteiger partial charge in [-0.2, -0.15) is 5.10 Å². The Balaban J connectivity index is 1.58. The minimum atomic E-state index is -3.92. The summed E-state index contributed by atoms with van der Waals surface area (Å²) in [4.78, 5) is 31.3. The van der Waals surface area contributed by atoms with Gasteiger partial charge < -0.3 is 9.80 Å². The quantitative estimate of drug-likeness (QED) is 0.279. The summed E-state index contributed by atoms with van der Waals surface area (Å²) in [5.74, 6) is -0.437. The summed E-state index contributed by atoms with van der Waals surface area (Å²) < 4.78 is 48.2. The lowest BCUT2D eigenvalue weighted by atomic mass is 10.1. The van der Waals surface area contributed by atoms with Crippen LogP contribution in [0.4, 0.5) is 10.1 Å². The SMILES string of the molecule is CN(C)CCN(C)c1ccc(Cn2c(=O)n(Cc3cnn(C)c3)c(=O)c3cc(S(=O)(=O)NC4(C)CC4)sc32)cc1F. The van der Waals surface area contributed by atoms with E-state index in [1.807, 2.05) is 37.9 Å². The van der Waals surface area contributed by atoms with Crippen LogP contribution in [0.3, 0.4) is 0 Å². The number of nitrogens with zero attached hydrogens (tertiary/aromatic N) is 6. The van der Waals surface area contributed by atoms with E-state index in [9.17, 15) is 18.0 Å². The molecule has 4 aromatic rings. The maximum Gasteiger partial charge on any atom is 0.332 e. The lowest BCUT2D eigenvalue weighted by molar-refractivity contribution is 0.416. The average molecular weight is 604 g/mol. The molecule has 0 atom stereocenters. The zero-order valence-electron chi connectivity index (χ0n) is 23.7. The largest absolute Gasteiger partial charge is 0.371 e. The molecule has 0 radical (unpaired) electrons. The summed E-state index contributed by atoms with van der Waals surface area (Å²) in [6.45, 7) is 3.11. The molecular weight excluding hydrogens is 569 g/mol. The number of aromatic nitrogens is 4. The second-order valence-corrected chi connectivity index (χ2v) is 14.2. The summed E-state index contributed by atoms with van der Waals surface area (Å²) in [6.07, 6.45) is 4.72. The van der Waals surface area contributed by atoms with Gasteiger partial charge in [0.25, 0.3) is 15.6 Å². The number of hydrogen-bond donors (Lipinski definition) is 1. The van der Waals surface area contributed by atoms with Crippen LogP contribution >= 0.6 is 11.3 Å². The third-order valence-electron chi connectivity index (χ3n) is 7.26. The summed E-state index contributed by atoms with van der Waals surface area (Å²) in [7, 11) is 3.52. The van der Waals surface area contributed by atoms with E-state index < -0.39 is 32.6 Å². The van der Waals surface area contributed by atoms with Crippen molar-refractivity contribution in [3.63, 3.8) is 0 Å². The van der Waals surface area contributed by atoms with Gasteiger partial charge in [-0.1, -0.05) is 6.07 Å². The van der Waals surface area contributed by atoms with Gasteiger partial charge in [0.1, 0.15) is 14.9 Å². The number of thiophene rings is 1. The second-order valence-electron chi connectivity index (χ2n) is 11.2. The van der Waals surface area contributed by atoms with Crippen molar-refractivity contribution in [3.8, 4) is 0 Å². The highest BCUT2D eigenvalue weighted by molar-refractivity contribution is 7.91. The lowest BCUT2D eigenvalue weighted by Crippen LogP contribution is -2.40. The molecule has 1 N–H and O–H groups in total. The van der Waals surface area contributed by atoms with Gasteiger partial charge in [-0.05, 0) is 57.6 Å². The van der Waals surface area contributed by atoms with Crippen molar-refractivity contribution < 1.29 is 12.8 Å². The molecular formula is C27H34FN7O4S2. The fraction of sp³-hybridized carbons (Fsp3) is 0.444. The first-order chi connectivity index (χ1) is 19.3. The van der Waals surface area contributed by atoms with Crippen molar-refractivity contribution >= 4 is 37.3 Å². The minimum Gasteiger partial charge on any atom is -0.371 e. The van der Waals surface area contributed by atoms with Crippen molar-refractivity contribution in [1.82, 2.24) is 28.5 Å². The molecule has 41 heavy (non-hydrogen) atoms. The highest BCUT2D eigenvalue weighted by Gasteiger charge is 2.41. The number of rotatable bonds is 11. The van der Waals surface area contributed by atoms with Crippen LogP contribution in [0.5, 0.6) is 0 Å².